The first-order valence-corrected chi connectivity index (χ1v) is 13.1. The van der Waals surface area contributed by atoms with Gasteiger partial charge in [0.15, 0.2) is 5.78 Å². The summed E-state index contributed by atoms with van der Waals surface area (Å²) in [6, 6.07) is 7.88. The number of allylic oxidation sites excluding steroid dienone is 1. The summed E-state index contributed by atoms with van der Waals surface area (Å²) < 4.78 is 8.22. The van der Waals surface area contributed by atoms with Gasteiger partial charge in [0.25, 0.3) is 0 Å². The molecule has 1 aliphatic heterocycles. The van der Waals surface area contributed by atoms with E-state index in [2.05, 4.69) is 49.6 Å². The van der Waals surface area contributed by atoms with E-state index in [-0.39, 0.29) is 11.9 Å². The number of rotatable bonds is 8. The van der Waals surface area contributed by atoms with Crippen LogP contribution in [-0.2, 0) is 13.0 Å². The summed E-state index contributed by atoms with van der Waals surface area (Å²) in [6.07, 6.45) is 4.87. The fraction of sp³-hybridized carbons (Fsp3) is 0.393. The summed E-state index contributed by atoms with van der Waals surface area (Å²) >= 11 is 8.05. The molecule has 0 saturated carbocycles. The number of hydrogen-bond acceptors (Lipinski definition) is 5. The van der Waals surface area contributed by atoms with Crippen molar-refractivity contribution in [2.24, 2.45) is 10.9 Å². The fourth-order valence-electron chi connectivity index (χ4n) is 4.29. The standard InChI is InChI=1S/C28H32ClN3O2S/c1-16(2)15-32-19(5)24(18(4)31-32)8-7-17(3)30-14-23-12-22-11-21(13-25(29)28(22)34-23)27-10-9-26(35-27)20(6)33/h7-11,13,16,23H,12,14-15H2,1-6H3/b8-7+,30-17?. The molecule has 7 heteroatoms. The highest BCUT2D eigenvalue weighted by molar-refractivity contribution is 7.17. The van der Waals surface area contributed by atoms with Crippen molar-refractivity contribution < 1.29 is 9.53 Å². The van der Waals surface area contributed by atoms with Crippen LogP contribution in [0.15, 0.2) is 35.3 Å². The molecule has 0 spiro atoms. The maximum atomic E-state index is 11.7. The second-order valence-corrected chi connectivity index (χ2v) is 11.1. The smallest absolute Gasteiger partial charge is 0.169 e. The van der Waals surface area contributed by atoms with Crippen LogP contribution < -0.4 is 4.74 Å². The highest BCUT2D eigenvalue weighted by Crippen LogP contribution is 2.41. The first kappa shape index (κ1) is 25.4. The number of aromatic nitrogens is 2. The van der Waals surface area contributed by atoms with Crippen LogP contribution in [0.5, 0.6) is 5.75 Å². The molecule has 3 aromatic rings. The molecule has 0 fully saturated rings. The number of halogens is 1. The molecule has 0 radical (unpaired) electrons. The molecule has 0 bridgehead atoms. The number of carbonyl (C=O) groups excluding carboxylic acids is 1. The van der Waals surface area contributed by atoms with Gasteiger partial charge in [-0.05, 0) is 75.6 Å². The average Bonchev–Trinajstić information content (AvgIpc) is 3.49. The molecule has 0 saturated heterocycles. The van der Waals surface area contributed by atoms with Gasteiger partial charge in [0.1, 0.15) is 11.9 Å². The zero-order valence-corrected chi connectivity index (χ0v) is 22.8. The van der Waals surface area contributed by atoms with E-state index in [1.54, 1.807) is 6.92 Å². The Morgan fingerprint density at radius 3 is 2.77 bits per heavy atom. The number of Topliss-reactive ketones (excluding diaryl/α,β-unsaturated/α-hetero) is 1. The Kier molecular flexibility index (Phi) is 7.62. The Hall–Kier alpha value is -2.70. The summed E-state index contributed by atoms with van der Waals surface area (Å²) in [7, 11) is 0. The molecule has 2 aromatic heterocycles. The third-order valence-electron chi connectivity index (χ3n) is 6.10. The molecule has 1 unspecified atom stereocenters. The summed E-state index contributed by atoms with van der Waals surface area (Å²) in [5.74, 6) is 1.38. The van der Waals surface area contributed by atoms with Gasteiger partial charge in [-0.3, -0.25) is 14.5 Å². The van der Waals surface area contributed by atoms with Crippen molar-refractivity contribution in [3.05, 3.63) is 62.8 Å². The first-order valence-electron chi connectivity index (χ1n) is 12.0. The van der Waals surface area contributed by atoms with Crippen molar-refractivity contribution in [3.8, 4) is 16.2 Å². The Labute approximate surface area is 216 Å². The molecule has 5 nitrogen and oxygen atoms in total. The quantitative estimate of drug-likeness (QED) is 0.238. The number of benzene rings is 1. The lowest BCUT2D eigenvalue weighted by atomic mass is 10.1. The minimum absolute atomic E-state index is 0.0468. The van der Waals surface area contributed by atoms with Gasteiger partial charge in [0.2, 0.25) is 0 Å². The number of aliphatic imine (C=N–C) groups is 1. The molecule has 4 rings (SSSR count). The number of carbonyl (C=O) groups is 1. The van der Waals surface area contributed by atoms with Crippen LogP contribution in [-0.4, -0.2) is 33.9 Å². The Bertz CT molecular complexity index is 1320. The predicted molar refractivity (Wildman–Crippen MR) is 146 cm³/mol. The molecule has 1 aliphatic rings. The zero-order valence-electron chi connectivity index (χ0n) is 21.2. The number of ether oxygens (including phenoxy) is 1. The molecule has 3 heterocycles. The van der Waals surface area contributed by atoms with Gasteiger partial charge < -0.3 is 4.74 Å². The predicted octanol–water partition coefficient (Wildman–Crippen LogP) is 7.22. The van der Waals surface area contributed by atoms with E-state index < -0.39 is 0 Å². The largest absolute Gasteiger partial charge is 0.486 e. The van der Waals surface area contributed by atoms with Crippen LogP contribution in [0.4, 0.5) is 0 Å². The lowest BCUT2D eigenvalue weighted by Crippen LogP contribution is -2.17. The van der Waals surface area contributed by atoms with E-state index >= 15 is 0 Å². The molecular weight excluding hydrogens is 478 g/mol. The third-order valence-corrected chi connectivity index (χ3v) is 7.62. The number of nitrogens with zero attached hydrogens (tertiary/aromatic N) is 3. The number of ketones is 1. The maximum Gasteiger partial charge on any atom is 0.169 e. The van der Waals surface area contributed by atoms with E-state index in [1.165, 1.54) is 17.0 Å². The van der Waals surface area contributed by atoms with Crippen LogP contribution in [0.1, 0.15) is 59.9 Å². The molecule has 1 aromatic carbocycles. The van der Waals surface area contributed by atoms with Crippen molar-refractivity contribution in [1.29, 1.82) is 0 Å². The van der Waals surface area contributed by atoms with Crippen molar-refractivity contribution in [2.45, 2.75) is 60.6 Å². The highest BCUT2D eigenvalue weighted by Gasteiger charge is 2.26. The lowest BCUT2D eigenvalue weighted by molar-refractivity contribution is 0.102. The molecule has 35 heavy (non-hydrogen) atoms. The summed E-state index contributed by atoms with van der Waals surface area (Å²) in [6.45, 7) is 13.7. The van der Waals surface area contributed by atoms with Gasteiger partial charge in [-0.2, -0.15) is 5.10 Å². The van der Waals surface area contributed by atoms with E-state index in [9.17, 15) is 4.79 Å². The van der Waals surface area contributed by atoms with Crippen LogP contribution in [0.3, 0.4) is 0 Å². The van der Waals surface area contributed by atoms with Gasteiger partial charge in [0.05, 0.1) is 22.1 Å². The Morgan fingerprint density at radius 1 is 1.31 bits per heavy atom. The van der Waals surface area contributed by atoms with Crippen molar-refractivity contribution in [1.82, 2.24) is 9.78 Å². The van der Waals surface area contributed by atoms with Gasteiger partial charge >= 0.3 is 0 Å². The molecule has 0 aliphatic carbocycles. The first-order chi connectivity index (χ1) is 16.6. The summed E-state index contributed by atoms with van der Waals surface area (Å²) in [5.41, 5.74) is 6.42. The second-order valence-electron chi connectivity index (χ2n) is 9.59. The van der Waals surface area contributed by atoms with E-state index in [0.717, 1.165) is 56.6 Å². The Morgan fingerprint density at radius 2 is 2.09 bits per heavy atom. The van der Waals surface area contributed by atoms with E-state index in [1.807, 2.05) is 31.2 Å². The molecule has 1 atom stereocenters. The monoisotopic (exact) mass is 509 g/mol. The average molecular weight is 510 g/mol. The number of fused-ring (bicyclic) bond motifs is 1. The van der Waals surface area contributed by atoms with E-state index in [0.29, 0.717) is 17.5 Å². The second kappa shape index (κ2) is 10.5. The van der Waals surface area contributed by atoms with Gasteiger partial charge in [-0.1, -0.05) is 25.4 Å². The van der Waals surface area contributed by atoms with Crippen LogP contribution in [0.25, 0.3) is 16.5 Å². The zero-order chi connectivity index (χ0) is 25.3. The SMILES string of the molecule is CC(=O)c1ccc(-c2cc(Cl)c3c(c2)CC(CN=C(C)/C=C/c2c(C)nn(CC(C)C)c2C)O3)s1. The summed E-state index contributed by atoms with van der Waals surface area (Å²) in [4.78, 5) is 18.2. The molecule has 0 amide bonds. The third kappa shape index (κ3) is 5.76. The number of thiophene rings is 1. The van der Waals surface area contributed by atoms with E-state index in [4.69, 9.17) is 21.3 Å². The van der Waals surface area contributed by atoms with Crippen molar-refractivity contribution in [2.75, 3.05) is 6.54 Å². The van der Waals surface area contributed by atoms with Crippen LogP contribution >= 0.6 is 22.9 Å². The molecule has 0 N–H and O–H groups in total. The van der Waals surface area contributed by atoms with Gasteiger partial charge in [-0.25, -0.2) is 0 Å². The minimum atomic E-state index is -0.0468. The van der Waals surface area contributed by atoms with Gasteiger partial charge in [-0.15, -0.1) is 11.3 Å². The van der Waals surface area contributed by atoms with Crippen LogP contribution in [0.2, 0.25) is 5.02 Å². The number of hydrogen-bond donors (Lipinski definition) is 0. The highest BCUT2D eigenvalue weighted by atomic mass is 35.5. The molecule has 184 valence electrons. The fourth-order valence-corrected chi connectivity index (χ4v) is 5.46. The van der Waals surface area contributed by atoms with Crippen LogP contribution in [0, 0.1) is 19.8 Å². The van der Waals surface area contributed by atoms with Crippen molar-refractivity contribution >= 4 is 40.5 Å². The van der Waals surface area contributed by atoms with Gasteiger partial charge in [0, 0.05) is 40.4 Å². The number of aryl methyl sites for hydroxylation is 1. The minimum Gasteiger partial charge on any atom is -0.486 e. The van der Waals surface area contributed by atoms with Crippen molar-refractivity contribution in [3.63, 3.8) is 0 Å². The normalized spacial score (nSPS) is 15.8. The molecular formula is C28H32ClN3O2S. The summed E-state index contributed by atoms with van der Waals surface area (Å²) in [5, 5.41) is 5.28. The Balaban J connectivity index is 1.42. The topological polar surface area (TPSA) is 56.5 Å². The maximum absolute atomic E-state index is 11.7. The lowest BCUT2D eigenvalue weighted by Gasteiger charge is -2.09.